The fourth-order valence-corrected chi connectivity index (χ4v) is 3.42. The summed E-state index contributed by atoms with van der Waals surface area (Å²) in [7, 11) is 0. The predicted molar refractivity (Wildman–Crippen MR) is 114 cm³/mol. The highest BCUT2D eigenvalue weighted by molar-refractivity contribution is 6.06. The molecule has 0 aliphatic carbocycles. The van der Waals surface area contributed by atoms with Gasteiger partial charge in [0.15, 0.2) is 5.82 Å². The monoisotopic (exact) mass is 404 g/mol. The van der Waals surface area contributed by atoms with Crippen LogP contribution < -0.4 is 11.1 Å². The van der Waals surface area contributed by atoms with E-state index in [0.717, 1.165) is 35.8 Å². The lowest BCUT2D eigenvalue weighted by molar-refractivity contribution is -0.384. The number of nitro groups is 1. The molecule has 1 amide bonds. The molecule has 9 heteroatoms. The van der Waals surface area contributed by atoms with Crippen LogP contribution in [-0.4, -0.2) is 31.9 Å². The summed E-state index contributed by atoms with van der Waals surface area (Å²) < 4.78 is 2.06. The molecule has 3 N–H and O–H groups in total. The standard InChI is InChI=1S/C21H20N6O3/c22-20-18-19(16-5-1-2-6-17(16)25-20)26(13-24-18)12-4-3-11-23-21(28)14-7-9-15(10-8-14)27(29)30/h1-2,5-10,13H,3-4,11-12H2,(H2,22,25)(H,23,28). The van der Waals surface area contributed by atoms with Crippen LogP contribution in [0.5, 0.6) is 0 Å². The first-order valence-corrected chi connectivity index (χ1v) is 9.56. The zero-order valence-corrected chi connectivity index (χ0v) is 16.1. The number of nitrogen functional groups attached to an aromatic ring is 1. The van der Waals surface area contributed by atoms with E-state index in [9.17, 15) is 14.9 Å². The van der Waals surface area contributed by atoms with E-state index >= 15 is 0 Å². The molecule has 30 heavy (non-hydrogen) atoms. The summed E-state index contributed by atoms with van der Waals surface area (Å²) in [6.45, 7) is 1.24. The number of fused-ring (bicyclic) bond motifs is 3. The molecule has 0 saturated heterocycles. The number of carbonyl (C=O) groups is 1. The number of hydrogen-bond acceptors (Lipinski definition) is 6. The number of pyridine rings is 1. The highest BCUT2D eigenvalue weighted by Gasteiger charge is 2.12. The fraction of sp³-hybridized carbons (Fsp3) is 0.190. The molecule has 0 saturated carbocycles. The second-order valence-electron chi connectivity index (χ2n) is 6.92. The van der Waals surface area contributed by atoms with Crippen LogP contribution in [0.3, 0.4) is 0 Å². The number of imidazole rings is 1. The minimum Gasteiger partial charge on any atom is -0.382 e. The van der Waals surface area contributed by atoms with Gasteiger partial charge >= 0.3 is 0 Å². The van der Waals surface area contributed by atoms with Crippen LogP contribution in [0.1, 0.15) is 23.2 Å². The summed E-state index contributed by atoms with van der Waals surface area (Å²) >= 11 is 0. The molecule has 0 spiro atoms. The van der Waals surface area contributed by atoms with Gasteiger partial charge in [0.2, 0.25) is 0 Å². The number of rotatable bonds is 7. The lowest BCUT2D eigenvalue weighted by Crippen LogP contribution is -2.24. The van der Waals surface area contributed by atoms with Crippen LogP contribution in [0.25, 0.3) is 21.9 Å². The van der Waals surface area contributed by atoms with Crippen molar-refractivity contribution < 1.29 is 9.72 Å². The van der Waals surface area contributed by atoms with Crippen LogP contribution in [-0.2, 0) is 6.54 Å². The fourth-order valence-electron chi connectivity index (χ4n) is 3.42. The number of nitro benzene ring substituents is 1. The molecule has 0 unspecified atom stereocenters. The first-order chi connectivity index (χ1) is 14.5. The molecule has 152 valence electrons. The Labute approximate surface area is 171 Å². The van der Waals surface area contributed by atoms with Gasteiger partial charge < -0.3 is 15.6 Å². The Balaban J connectivity index is 1.35. The quantitative estimate of drug-likeness (QED) is 0.276. The van der Waals surface area contributed by atoms with Crippen LogP contribution in [0.4, 0.5) is 11.5 Å². The highest BCUT2D eigenvalue weighted by Crippen LogP contribution is 2.27. The Morgan fingerprint density at radius 2 is 1.90 bits per heavy atom. The Bertz CT molecular complexity index is 1230. The molecule has 2 aromatic carbocycles. The third kappa shape index (κ3) is 3.77. The molecule has 9 nitrogen and oxygen atoms in total. The van der Waals surface area contributed by atoms with Crippen molar-refractivity contribution in [1.29, 1.82) is 0 Å². The van der Waals surface area contributed by atoms with Gasteiger partial charge in [-0.1, -0.05) is 18.2 Å². The van der Waals surface area contributed by atoms with E-state index in [2.05, 4.69) is 19.9 Å². The number of nitrogens with one attached hydrogen (secondary N) is 1. The number of nitrogens with zero attached hydrogens (tertiary/aromatic N) is 4. The molecule has 0 aliphatic rings. The predicted octanol–water partition coefficient (Wildman–Crippen LogP) is 3.29. The van der Waals surface area contributed by atoms with E-state index < -0.39 is 4.92 Å². The molecule has 2 heterocycles. The maximum Gasteiger partial charge on any atom is 0.269 e. The van der Waals surface area contributed by atoms with Gasteiger partial charge in [-0.05, 0) is 31.0 Å². The van der Waals surface area contributed by atoms with Gasteiger partial charge in [0, 0.05) is 36.2 Å². The Kier molecular flexibility index (Phi) is 5.25. The smallest absolute Gasteiger partial charge is 0.269 e. The maximum absolute atomic E-state index is 12.2. The Hall–Kier alpha value is -4.01. The minimum absolute atomic E-state index is 0.0394. The average Bonchev–Trinajstić information content (AvgIpc) is 3.18. The van der Waals surface area contributed by atoms with Crippen molar-refractivity contribution in [3.8, 4) is 0 Å². The molecule has 4 rings (SSSR count). The SMILES string of the molecule is Nc1nc2ccccc2c2c1ncn2CCCCNC(=O)c1ccc([N+](=O)[O-])cc1. The second-order valence-corrected chi connectivity index (χ2v) is 6.92. The van der Waals surface area contributed by atoms with Crippen LogP contribution in [0.15, 0.2) is 54.9 Å². The third-order valence-corrected chi connectivity index (χ3v) is 4.93. The molecule has 4 aromatic rings. The van der Waals surface area contributed by atoms with E-state index in [4.69, 9.17) is 5.73 Å². The van der Waals surface area contributed by atoms with Gasteiger partial charge in [-0.25, -0.2) is 9.97 Å². The molecule has 0 fully saturated rings. The number of hydrogen-bond donors (Lipinski definition) is 2. The van der Waals surface area contributed by atoms with Crippen molar-refractivity contribution in [3.05, 3.63) is 70.5 Å². The number of para-hydroxylation sites is 1. The van der Waals surface area contributed by atoms with E-state index in [1.165, 1.54) is 24.3 Å². The number of benzene rings is 2. The number of carbonyl (C=O) groups excluding carboxylic acids is 1. The molecular formula is C21H20N6O3. The van der Waals surface area contributed by atoms with E-state index in [1.54, 1.807) is 6.33 Å². The summed E-state index contributed by atoms with van der Waals surface area (Å²) in [6, 6.07) is 13.4. The third-order valence-electron chi connectivity index (χ3n) is 4.93. The summed E-state index contributed by atoms with van der Waals surface area (Å²) in [4.78, 5) is 31.2. The van der Waals surface area contributed by atoms with E-state index in [-0.39, 0.29) is 11.6 Å². The lowest BCUT2D eigenvalue weighted by Gasteiger charge is -2.08. The van der Waals surface area contributed by atoms with Crippen molar-refractivity contribution in [3.63, 3.8) is 0 Å². The second kappa shape index (κ2) is 8.16. The van der Waals surface area contributed by atoms with Gasteiger partial charge in [0.05, 0.1) is 22.3 Å². The van der Waals surface area contributed by atoms with Crippen LogP contribution >= 0.6 is 0 Å². The lowest BCUT2D eigenvalue weighted by atomic mass is 10.2. The molecule has 2 aromatic heterocycles. The molecular weight excluding hydrogens is 384 g/mol. The maximum atomic E-state index is 12.2. The zero-order chi connectivity index (χ0) is 21.1. The number of nitrogens with two attached hydrogens (primary N) is 1. The largest absolute Gasteiger partial charge is 0.382 e. The van der Waals surface area contributed by atoms with E-state index in [1.807, 2.05) is 24.3 Å². The first-order valence-electron chi connectivity index (χ1n) is 9.56. The van der Waals surface area contributed by atoms with Crippen molar-refractivity contribution in [2.24, 2.45) is 0 Å². The van der Waals surface area contributed by atoms with Crippen LogP contribution in [0.2, 0.25) is 0 Å². The number of anilines is 1. The first kappa shape index (κ1) is 19.3. The molecule has 0 radical (unpaired) electrons. The normalized spacial score (nSPS) is 11.1. The summed E-state index contributed by atoms with van der Waals surface area (Å²) in [6.07, 6.45) is 3.38. The van der Waals surface area contributed by atoms with Crippen molar-refractivity contribution >= 4 is 39.3 Å². The van der Waals surface area contributed by atoms with Gasteiger partial charge in [0.25, 0.3) is 11.6 Å². The number of aromatic nitrogens is 3. The average molecular weight is 404 g/mol. The summed E-state index contributed by atoms with van der Waals surface area (Å²) in [5.74, 6) is 0.167. The Morgan fingerprint density at radius 3 is 2.67 bits per heavy atom. The Morgan fingerprint density at radius 1 is 1.13 bits per heavy atom. The number of non-ortho nitro benzene ring substituents is 1. The van der Waals surface area contributed by atoms with Gasteiger partial charge in [-0.15, -0.1) is 0 Å². The number of unbranched alkanes of at least 4 members (excludes halogenated alkanes) is 1. The van der Waals surface area contributed by atoms with Crippen LogP contribution in [0, 0.1) is 10.1 Å². The summed E-state index contributed by atoms with van der Waals surface area (Å²) in [5.41, 5.74) is 8.91. The van der Waals surface area contributed by atoms with E-state index in [0.29, 0.717) is 23.4 Å². The minimum atomic E-state index is -0.492. The highest BCUT2D eigenvalue weighted by atomic mass is 16.6. The van der Waals surface area contributed by atoms with Gasteiger partial charge in [0.1, 0.15) is 5.52 Å². The molecule has 0 atom stereocenters. The summed E-state index contributed by atoms with van der Waals surface area (Å²) in [5, 5.41) is 14.5. The van der Waals surface area contributed by atoms with Gasteiger partial charge in [-0.2, -0.15) is 0 Å². The topological polar surface area (TPSA) is 129 Å². The molecule has 0 bridgehead atoms. The molecule has 0 aliphatic heterocycles. The zero-order valence-electron chi connectivity index (χ0n) is 16.1. The van der Waals surface area contributed by atoms with Crippen molar-refractivity contribution in [2.75, 3.05) is 12.3 Å². The number of aryl methyl sites for hydroxylation is 1. The van der Waals surface area contributed by atoms with Gasteiger partial charge in [-0.3, -0.25) is 14.9 Å². The van der Waals surface area contributed by atoms with Crippen molar-refractivity contribution in [2.45, 2.75) is 19.4 Å². The van der Waals surface area contributed by atoms with Crippen molar-refractivity contribution in [1.82, 2.24) is 19.9 Å². The number of amides is 1.